The van der Waals surface area contributed by atoms with Gasteiger partial charge < -0.3 is 17.6 Å². The van der Waals surface area contributed by atoms with Crippen LogP contribution in [0.5, 0.6) is 0 Å². The third-order valence-corrected chi connectivity index (χ3v) is 0.824. The second kappa shape index (κ2) is 13.9. The molecular weight excluding hydrogens is 255 g/mol. The zero-order chi connectivity index (χ0) is 11.7. The topological polar surface area (TPSA) is 74.6 Å². The molecule has 16 heavy (non-hydrogen) atoms. The van der Waals surface area contributed by atoms with Crippen LogP contribution in [-0.2, 0) is 26.1 Å². The van der Waals surface area contributed by atoms with Crippen LogP contribution in [0.1, 0.15) is 27.7 Å². The van der Waals surface area contributed by atoms with Crippen molar-refractivity contribution in [2.75, 3.05) is 0 Å². The molecule has 0 aromatic heterocycles. The number of aliphatic hydroxyl groups is 2. The Morgan fingerprint density at radius 3 is 1.00 bits per heavy atom. The number of carbonyl (C=O) groups excluding carboxylic acids is 2. The van der Waals surface area contributed by atoms with Crippen molar-refractivity contribution in [3.05, 3.63) is 31.1 Å². The minimum atomic E-state index is -0.125. The summed E-state index contributed by atoms with van der Waals surface area (Å²) in [5, 5.41) is 16.7. The molecule has 0 aliphatic carbocycles. The molecular formula is C11H19NiO4-. The SMILES string of the molecule is CC(=O)/C=C(/C)O.CC(=O)/C=C(/C)O.[CH3-].[Ni]. The molecule has 0 amide bonds. The van der Waals surface area contributed by atoms with E-state index in [9.17, 15) is 9.59 Å². The molecule has 0 unspecified atom stereocenters. The third-order valence-electron chi connectivity index (χ3n) is 0.824. The Morgan fingerprint density at radius 1 is 0.812 bits per heavy atom. The fraction of sp³-hybridized carbons (Fsp3) is 0.364. The van der Waals surface area contributed by atoms with Gasteiger partial charge in [0.05, 0.1) is 11.5 Å². The smallest absolute Gasteiger partial charge is 0.155 e. The summed E-state index contributed by atoms with van der Waals surface area (Å²) in [5.74, 6) is -0.125. The fourth-order valence-corrected chi connectivity index (χ4v) is 0.588. The zero-order valence-electron chi connectivity index (χ0n) is 10.2. The van der Waals surface area contributed by atoms with E-state index in [1.807, 2.05) is 0 Å². The summed E-state index contributed by atoms with van der Waals surface area (Å²) < 4.78 is 0. The predicted octanol–water partition coefficient (Wildman–Crippen LogP) is 2.52. The molecule has 0 fully saturated rings. The van der Waals surface area contributed by atoms with Gasteiger partial charge in [-0.15, -0.1) is 0 Å². The van der Waals surface area contributed by atoms with Crippen LogP contribution in [0.4, 0.5) is 0 Å². The molecule has 0 aliphatic heterocycles. The van der Waals surface area contributed by atoms with Crippen molar-refractivity contribution in [2.45, 2.75) is 27.7 Å². The van der Waals surface area contributed by atoms with E-state index in [1.54, 1.807) is 0 Å². The van der Waals surface area contributed by atoms with E-state index < -0.39 is 0 Å². The molecule has 0 aliphatic rings. The summed E-state index contributed by atoms with van der Waals surface area (Å²) in [4.78, 5) is 20.0. The Bertz CT molecular complexity index is 231. The van der Waals surface area contributed by atoms with Gasteiger partial charge in [0, 0.05) is 28.6 Å². The molecule has 0 saturated carbocycles. The van der Waals surface area contributed by atoms with Gasteiger partial charge in [-0.2, -0.15) is 0 Å². The van der Waals surface area contributed by atoms with Gasteiger partial charge in [-0.25, -0.2) is 0 Å². The largest absolute Gasteiger partial charge is 0.512 e. The Hall–Kier alpha value is -1.09. The summed E-state index contributed by atoms with van der Waals surface area (Å²) in [6, 6.07) is 0. The first-order chi connectivity index (χ1) is 6.25. The van der Waals surface area contributed by atoms with Crippen molar-refractivity contribution in [1.29, 1.82) is 0 Å². The molecule has 2 N–H and O–H groups in total. The minimum Gasteiger partial charge on any atom is -0.512 e. The molecule has 0 saturated heterocycles. The normalized spacial score (nSPS) is 10.0. The summed E-state index contributed by atoms with van der Waals surface area (Å²) in [6.45, 7) is 5.70. The second-order valence-electron chi connectivity index (χ2n) is 2.79. The summed E-state index contributed by atoms with van der Waals surface area (Å²) in [7, 11) is 0. The molecule has 0 rings (SSSR count). The average Bonchev–Trinajstić information content (AvgIpc) is 1.79. The van der Waals surface area contributed by atoms with E-state index in [-0.39, 0.29) is 47.0 Å². The Kier molecular flexibility index (Phi) is 21.1. The first-order valence-electron chi connectivity index (χ1n) is 4.01. The number of ketones is 2. The second-order valence-corrected chi connectivity index (χ2v) is 2.79. The van der Waals surface area contributed by atoms with E-state index in [1.165, 1.54) is 39.8 Å². The summed E-state index contributed by atoms with van der Waals surface area (Å²) in [5.41, 5.74) is 0. The van der Waals surface area contributed by atoms with Gasteiger partial charge in [-0.05, 0) is 27.7 Å². The maximum Gasteiger partial charge on any atom is 0.155 e. The van der Waals surface area contributed by atoms with Gasteiger partial charge in [-0.1, -0.05) is 0 Å². The first kappa shape index (κ1) is 24.2. The summed E-state index contributed by atoms with van der Waals surface area (Å²) >= 11 is 0. The molecule has 4 nitrogen and oxygen atoms in total. The quantitative estimate of drug-likeness (QED) is 0.351. The third kappa shape index (κ3) is 38.3. The standard InChI is InChI=1S/2C5H8O2.CH3.Ni/c2*1-4(6)3-5(2)7;;/h2*3,6H,1-2H3;1H3;/q;;-1;/b2*4-3-;;. The van der Waals surface area contributed by atoms with Crippen molar-refractivity contribution in [3.8, 4) is 0 Å². The zero-order valence-corrected chi connectivity index (χ0v) is 11.2. The molecule has 98 valence electrons. The van der Waals surface area contributed by atoms with Crippen LogP contribution in [0.25, 0.3) is 0 Å². The monoisotopic (exact) mass is 273 g/mol. The molecule has 0 aromatic carbocycles. The average molecular weight is 274 g/mol. The molecule has 0 aromatic rings. The number of hydrogen-bond donors (Lipinski definition) is 2. The van der Waals surface area contributed by atoms with Crippen molar-refractivity contribution >= 4 is 11.6 Å². The van der Waals surface area contributed by atoms with Crippen molar-refractivity contribution in [1.82, 2.24) is 0 Å². The van der Waals surface area contributed by atoms with Crippen molar-refractivity contribution < 1.29 is 36.3 Å². The maximum atomic E-state index is 10.0. The van der Waals surface area contributed by atoms with E-state index >= 15 is 0 Å². The first-order valence-corrected chi connectivity index (χ1v) is 4.01. The number of aliphatic hydroxyl groups excluding tert-OH is 2. The fourth-order valence-electron chi connectivity index (χ4n) is 0.588. The number of rotatable bonds is 2. The van der Waals surface area contributed by atoms with E-state index in [0.29, 0.717) is 0 Å². The van der Waals surface area contributed by atoms with E-state index in [4.69, 9.17) is 10.2 Å². The molecule has 0 spiro atoms. The van der Waals surface area contributed by atoms with Crippen LogP contribution in [0.3, 0.4) is 0 Å². The number of carbonyl (C=O) groups is 2. The molecule has 0 atom stereocenters. The van der Waals surface area contributed by atoms with Crippen LogP contribution in [0.2, 0.25) is 0 Å². The maximum absolute atomic E-state index is 10.0. The van der Waals surface area contributed by atoms with Gasteiger partial charge >= 0.3 is 0 Å². The predicted molar refractivity (Wildman–Crippen MR) is 60.5 cm³/mol. The van der Waals surface area contributed by atoms with Crippen LogP contribution in [-0.4, -0.2) is 21.8 Å². The van der Waals surface area contributed by atoms with Gasteiger partial charge in [-0.3, -0.25) is 9.59 Å². The number of hydrogen-bond acceptors (Lipinski definition) is 4. The Balaban J connectivity index is -0.0000000800. The van der Waals surface area contributed by atoms with Crippen molar-refractivity contribution in [3.63, 3.8) is 0 Å². The van der Waals surface area contributed by atoms with Crippen molar-refractivity contribution in [2.24, 2.45) is 0 Å². The van der Waals surface area contributed by atoms with Crippen LogP contribution < -0.4 is 0 Å². The van der Waals surface area contributed by atoms with E-state index in [2.05, 4.69) is 0 Å². The minimum absolute atomic E-state index is 0. The van der Waals surface area contributed by atoms with Crippen LogP contribution in [0, 0.1) is 7.43 Å². The Morgan fingerprint density at radius 2 is 1.00 bits per heavy atom. The van der Waals surface area contributed by atoms with Gasteiger partial charge in [0.2, 0.25) is 0 Å². The van der Waals surface area contributed by atoms with Gasteiger partial charge in [0.1, 0.15) is 0 Å². The molecule has 0 bridgehead atoms. The van der Waals surface area contributed by atoms with Gasteiger partial charge in [0.15, 0.2) is 11.6 Å². The van der Waals surface area contributed by atoms with E-state index in [0.717, 1.165) is 0 Å². The van der Waals surface area contributed by atoms with Gasteiger partial charge in [0.25, 0.3) is 0 Å². The van der Waals surface area contributed by atoms with Crippen LogP contribution in [0.15, 0.2) is 23.7 Å². The van der Waals surface area contributed by atoms with Crippen LogP contribution >= 0.6 is 0 Å². The molecule has 0 heterocycles. The Labute approximate surface area is 107 Å². The summed E-state index contributed by atoms with van der Waals surface area (Å²) in [6.07, 6.45) is 2.33. The number of allylic oxidation sites excluding steroid dienone is 4. The molecule has 0 radical (unpaired) electrons. The molecule has 5 heteroatoms.